The van der Waals surface area contributed by atoms with Crippen LogP contribution < -0.4 is 5.32 Å². The molecular weight excluding hydrogens is 327 g/mol. The van der Waals surface area contributed by atoms with E-state index in [1.165, 1.54) is 23.5 Å². The molecule has 3 rings (SSSR count). The predicted octanol–water partition coefficient (Wildman–Crippen LogP) is 4.63. The Hall–Kier alpha value is -2.73. The molecule has 3 aromatic rings. The van der Waals surface area contributed by atoms with Crippen LogP contribution in [0.2, 0.25) is 0 Å². The number of para-hydroxylation sites is 1. The van der Waals surface area contributed by atoms with Crippen molar-refractivity contribution in [1.82, 2.24) is 4.98 Å². The SMILES string of the molecule is Cc1ccccc1Nc1nc(-c2ccc(F)cc2)c(CC(=O)O)s1. The lowest BCUT2D eigenvalue weighted by molar-refractivity contribution is -0.136. The molecule has 0 spiro atoms. The van der Waals surface area contributed by atoms with Gasteiger partial charge in [0.2, 0.25) is 0 Å². The minimum atomic E-state index is -0.926. The molecule has 24 heavy (non-hydrogen) atoms. The molecule has 0 aliphatic rings. The maximum Gasteiger partial charge on any atom is 0.308 e. The number of nitrogens with zero attached hydrogens (tertiary/aromatic N) is 1. The summed E-state index contributed by atoms with van der Waals surface area (Å²) in [6.07, 6.45) is -0.125. The van der Waals surface area contributed by atoms with Crippen LogP contribution in [0.5, 0.6) is 0 Å². The van der Waals surface area contributed by atoms with E-state index in [4.69, 9.17) is 5.11 Å². The zero-order valence-corrected chi connectivity index (χ0v) is 13.7. The van der Waals surface area contributed by atoms with Gasteiger partial charge in [0.25, 0.3) is 0 Å². The van der Waals surface area contributed by atoms with Crippen molar-refractivity contribution in [3.63, 3.8) is 0 Å². The van der Waals surface area contributed by atoms with Crippen LogP contribution in [0.25, 0.3) is 11.3 Å². The summed E-state index contributed by atoms with van der Waals surface area (Å²) in [6.45, 7) is 1.98. The van der Waals surface area contributed by atoms with Crippen LogP contribution in [-0.2, 0) is 11.2 Å². The Bertz CT molecular complexity index is 875. The number of hydrogen-bond acceptors (Lipinski definition) is 4. The summed E-state index contributed by atoms with van der Waals surface area (Å²) in [5, 5.41) is 13.0. The monoisotopic (exact) mass is 342 g/mol. The predicted molar refractivity (Wildman–Crippen MR) is 93.3 cm³/mol. The number of thiazole rings is 1. The molecule has 0 fully saturated rings. The maximum absolute atomic E-state index is 13.1. The van der Waals surface area contributed by atoms with Gasteiger partial charge in [-0.2, -0.15) is 0 Å². The van der Waals surface area contributed by atoms with E-state index in [1.807, 2.05) is 31.2 Å². The minimum Gasteiger partial charge on any atom is -0.481 e. The summed E-state index contributed by atoms with van der Waals surface area (Å²) < 4.78 is 13.1. The molecule has 0 aliphatic carbocycles. The third kappa shape index (κ3) is 3.60. The van der Waals surface area contributed by atoms with Gasteiger partial charge in [-0.25, -0.2) is 9.37 Å². The number of rotatable bonds is 5. The third-order valence-corrected chi connectivity index (χ3v) is 4.48. The summed E-state index contributed by atoms with van der Waals surface area (Å²) in [6, 6.07) is 13.7. The molecule has 0 atom stereocenters. The molecule has 2 N–H and O–H groups in total. The van der Waals surface area contributed by atoms with Gasteiger partial charge in [-0.15, -0.1) is 11.3 Å². The maximum atomic E-state index is 13.1. The summed E-state index contributed by atoms with van der Waals surface area (Å²) >= 11 is 1.29. The first-order chi connectivity index (χ1) is 11.5. The van der Waals surface area contributed by atoms with Gasteiger partial charge in [0.05, 0.1) is 12.1 Å². The average Bonchev–Trinajstić information content (AvgIpc) is 2.92. The Labute approximate surface area is 142 Å². The zero-order valence-electron chi connectivity index (χ0n) is 12.9. The van der Waals surface area contributed by atoms with Gasteiger partial charge in [0.15, 0.2) is 5.13 Å². The number of nitrogens with one attached hydrogen (secondary N) is 1. The normalized spacial score (nSPS) is 10.6. The highest BCUT2D eigenvalue weighted by atomic mass is 32.1. The van der Waals surface area contributed by atoms with E-state index in [2.05, 4.69) is 10.3 Å². The number of anilines is 2. The lowest BCUT2D eigenvalue weighted by atomic mass is 10.1. The van der Waals surface area contributed by atoms with Crippen LogP contribution in [-0.4, -0.2) is 16.1 Å². The Morgan fingerprint density at radius 1 is 1.21 bits per heavy atom. The Morgan fingerprint density at radius 3 is 2.58 bits per heavy atom. The molecule has 1 aromatic heterocycles. The van der Waals surface area contributed by atoms with Gasteiger partial charge in [0, 0.05) is 16.1 Å². The van der Waals surface area contributed by atoms with Crippen LogP contribution >= 0.6 is 11.3 Å². The summed E-state index contributed by atoms with van der Waals surface area (Å²) in [4.78, 5) is 16.3. The molecule has 0 unspecified atom stereocenters. The van der Waals surface area contributed by atoms with E-state index in [1.54, 1.807) is 12.1 Å². The molecule has 0 saturated carbocycles. The van der Waals surface area contributed by atoms with Crippen molar-refractivity contribution in [3.05, 3.63) is 64.8 Å². The van der Waals surface area contributed by atoms with Gasteiger partial charge < -0.3 is 10.4 Å². The molecule has 0 bridgehead atoms. The summed E-state index contributed by atoms with van der Waals surface area (Å²) in [7, 11) is 0. The Morgan fingerprint density at radius 2 is 1.92 bits per heavy atom. The average molecular weight is 342 g/mol. The molecule has 1 heterocycles. The molecule has 6 heteroatoms. The number of aliphatic carboxylic acids is 1. The molecule has 0 amide bonds. The van der Waals surface area contributed by atoms with E-state index >= 15 is 0 Å². The van der Waals surface area contributed by atoms with Gasteiger partial charge >= 0.3 is 5.97 Å². The lowest BCUT2D eigenvalue weighted by Crippen LogP contribution is -1.99. The van der Waals surface area contributed by atoms with Crippen LogP contribution in [0.4, 0.5) is 15.2 Å². The van der Waals surface area contributed by atoms with Crippen molar-refractivity contribution in [2.24, 2.45) is 0 Å². The topological polar surface area (TPSA) is 62.2 Å². The van der Waals surface area contributed by atoms with E-state index in [0.717, 1.165) is 11.3 Å². The number of hydrogen-bond donors (Lipinski definition) is 2. The van der Waals surface area contributed by atoms with Crippen molar-refractivity contribution < 1.29 is 14.3 Å². The van der Waals surface area contributed by atoms with Crippen LogP contribution in [0.3, 0.4) is 0 Å². The first-order valence-electron chi connectivity index (χ1n) is 7.33. The molecule has 0 aliphatic heterocycles. The van der Waals surface area contributed by atoms with Gasteiger partial charge in [-0.05, 0) is 42.8 Å². The fourth-order valence-electron chi connectivity index (χ4n) is 2.32. The number of benzene rings is 2. The summed E-state index contributed by atoms with van der Waals surface area (Å²) in [5.74, 6) is -1.27. The van der Waals surface area contributed by atoms with Crippen LogP contribution in [0, 0.1) is 12.7 Å². The van der Waals surface area contributed by atoms with Crippen molar-refractivity contribution in [2.45, 2.75) is 13.3 Å². The molecule has 4 nitrogen and oxygen atoms in total. The Kier molecular flexibility index (Phi) is 4.57. The first-order valence-corrected chi connectivity index (χ1v) is 8.14. The second-order valence-corrected chi connectivity index (χ2v) is 6.39. The van der Waals surface area contributed by atoms with Gasteiger partial charge in [-0.1, -0.05) is 18.2 Å². The molecule has 2 aromatic carbocycles. The standard InChI is InChI=1S/C18H15FN2O2S/c1-11-4-2-3-5-14(11)20-18-21-17(15(24-18)10-16(22)23)12-6-8-13(19)9-7-12/h2-9H,10H2,1H3,(H,20,21)(H,22,23). The van der Waals surface area contributed by atoms with Crippen molar-refractivity contribution in [2.75, 3.05) is 5.32 Å². The number of aryl methyl sites for hydroxylation is 1. The van der Waals surface area contributed by atoms with Gasteiger partial charge in [0.1, 0.15) is 5.82 Å². The number of carboxylic acids is 1. The van der Waals surface area contributed by atoms with Gasteiger partial charge in [-0.3, -0.25) is 4.79 Å². The minimum absolute atomic E-state index is 0.125. The largest absolute Gasteiger partial charge is 0.481 e. The quantitative estimate of drug-likeness (QED) is 0.710. The second-order valence-electron chi connectivity index (χ2n) is 5.31. The van der Waals surface area contributed by atoms with E-state index < -0.39 is 5.97 Å². The van der Waals surface area contributed by atoms with Crippen molar-refractivity contribution >= 4 is 28.1 Å². The molecule has 0 radical (unpaired) electrons. The fraction of sp³-hybridized carbons (Fsp3) is 0.111. The van der Waals surface area contributed by atoms with Crippen molar-refractivity contribution in [1.29, 1.82) is 0 Å². The van der Waals surface area contributed by atoms with Crippen LogP contribution in [0.15, 0.2) is 48.5 Å². The highest BCUT2D eigenvalue weighted by molar-refractivity contribution is 7.16. The summed E-state index contributed by atoms with van der Waals surface area (Å²) in [5.41, 5.74) is 3.25. The Balaban J connectivity index is 1.98. The van der Waals surface area contributed by atoms with Crippen LogP contribution in [0.1, 0.15) is 10.4 Å². The number of carbonyl (C=O) groups is 1. The smallest absolute Gasteiger partial charge is 0.308 e. The zero-order chi connectivity index (χ0) is 17.1. The number of carboxylic acid groups (broad SMARTS) is 1. The number of aromatic nitrogens is 1. The van der Waals surface area contributed by atoms with E-state index in [9.17, 15) is 9.18 Å². The second kappa shape index (κ2) is 6.80. The number of halogens is 1. The van der Waals surface area contributed by atoms with Crippen molar-refractivity contribution in [3.8, 4) is 11.3 Å². The molecular formula is C18H15FN2O2S. The third-order valence-electron chi connectivity index (χ3n) is 3.51. The highest BCUT2D eigenvalue weighted by Crippen LogP contribution is 2.33. The first kappa shape index (κ1) is 16.1. The van der Waals surface area contributed by atoms with E-state index in [0.29, 0.717) is 21.3 Å². The molecule has 0 saturated heterocycles. The fourth-order valence-corrected chi connectivity index (χ4v) is 3.31. The highest BCUT2D eigenvalue weighted by Gasteiger charge is 2.16. The lowest BCUT2D eigenvalue weighted by Gasteiger charge is -2.05. The molecule has 122 valence electrons. The van der Waals surface area contributed by atoms with E-state index in [-0.39, 0.29) is 12.2 Å².